The van der Waals surface area contributed by atoms with Crippen LogP contribution in [-0.4, -0.2) is 44.2 Å². The molecule has 52 heavy (non-hydrogen) atoms. The van der Waals surface area contributed by atoms with Crippen LogP contribution in [0.15, 0.2) is 158 Å². The molecule has 0 amide bonds. The van der Waals surface area contributed by atoms with Gasteiger partial charge in [-0.25, -0.2) is 9.48 Å². The maximum Gasteiger partial charge on any atom is 0.337 e. The summed E-state index contributed by atoms with van der Waals surface area (Å²) >= 11 is 0. The molecule has 2 heterocycles. The van der Waals surface area contributed by atoms with Crippen molar-refractivity contribution in [3.05, 3.63) is 186 Å². The van der Waals surface area contributed by atoms with Crippen molar-refractivity contribution in [2.75, 3.05) is 16.8 Å². The summed E-state index contributed by atoms with van der Waals surface area (Å²) in [5, 5.41) is 27.1. The van der Waals surface area contributed by atoms with Crippen molar-refractivity contribution < 1.29 is 14.6 Å². The van der Waals surface area contributed by atoms with Gasteiger partial charge in [0.15, 0.2) is 5.82 Å². The number of para-hydroxylation sites is 1. The van der Waals surface area contributed by atoms with Crippen LogP contribution in [0, 0.1) is 0 Å². The molecule has 1 aliphatic heterocycles. The van der Waals surface area contributed by atoms with Gasteiger partial charge in [0.05, 0.1) is 16.9 Å². The van der Waals surface area contributed by atoms with Crippen molar-refractivity contribution in [2.45, 2.75) is 25.4 Å². The molecule has 2 N–H and O–H groups in total. The highest BCUT2D eigenvalue weighted by atomic mass is 16.5. The molecule has 0 radical (unpaired) electrons. The Kier molecular flexibility index (Phi) is 8.76. The normalized spacial score (nSPS) is 13.8. The quantitative estimate of drug-likeness (QED) is 0.131. The average molecular weight is 685 g/mol. The molecule has 9 heteroatoms. The van der Waals surface area contributed by atoms with Crippen LogP contribution in [0.1, 0.15) is 39.5 Å². The van der Waals surface area contributed by atoms with Crippen LogP contribution in [0.3, 0.4) is 0 Å². The number of carbonyl (C=O) groups is 1. The summed E-state index contributed by atoms with van der Waals surface area (Å²) in [4.78, 5) is 14.1. The smallest absolute Gasteiger partial charge is 0.337 e. The number of tetrazole rings is 1. The van der Waals surface area contributed by atoms with E-state index in [-0.39, 0.29) is 5.56 Å². The third kappa shape index (κ3) is 5.67. The van der Waals surface area contributed by atoms with E-state index in [1.165, 1.54) is 0 Å². The van der Waals surface area contributed by atoms with Crippen LogP contribution < -0.4 is 10.2 Å². The van der Waals surface area contributed by atoms with Gasteiger partial charge in [-0.2, -0.15) is 0 Å². The number of ether oxygens (including phenoxy) is 1. The number of hydrogen-bond donors (Lipinski definition) is 2. The highest BCUT2D eigenvalue weighted by molar-refractivity contribution is 5.99. The van der Waals surface area contributed by atoms with E-state index in [0.717, 1.165) is 44.6 Å². The van der Waals surface area contributed by atoms with E-state index in [0.29, 0.717) is 24.7 Å². The number of fused-ring (bicyclic) bond motifs is 1. The third-order valence-corrected chi connectivity index (χ3v) is 9.59. The van der Waals surface area contributed by atoms with Crippen LogP contribution in [0.25, 0.3) is 22.5 Å². The molecule has 1 atom stereocenters. The Bertz CT molecular complexity index is 2210. The Labute approximate surface area is 301 Å². The summed E-state index contributed by atoms with van der Waals surface area (Å²) in [6.07, 6.45) is -0.487. The molecule has 256 valence electrons. The molecule has 0 aliphatic carbocycles. The number of rotatable bonds is 11. The van der Waals surface area contributed by atoms with Crippen molar-refractivity contribution in [1.82, 2.24) is 20.2 Å². The first-order valence-electron chi connectivity index (χ1n) is 17.2. The number of carboxylic acid groups (broad SMARTS) is 1. The zero-order chi connectivity index (χ0) is 35.5. The van der Waals surface area contributed by atoms with Gasteiger partial charge in [0.25, 0.3) is 0 Å². The van der Waals surface area contributed by atoms with Crippen molar-refractivity contribution in [2.24, 2.45) is 0 Å². The average Bonchev–Trinajstić information content (AvgIpc) is 3.82. The van der Waals surface area contributed by atoms with Crippen LogP contribution in [-0.2, 0) is 16.8 Å². The first-order chi connectivity index (χ1) is 25.6. The topological polar surface area (TPSA) is 105 Å². The van der Waals surface area contributed by atoms with E-state index in [1.807, 2.05) is 89.3 Å². The van der Waals surface area contributed by atoms with E-state index in [9.17, 15) is 9.90 Å². The number of carboxylic acids is 1. The molecule has 0 fully saturated rings. The second-order valence-electron chi connectivity index (χ2n) is 12.6. The predicted molar refractivity (Wildman–Crippen MR) is 202 cm³/mol. The fourth-order valence-electron chi connectivity index (χ4n) is 7.32. The third-order valence-electron chi connectivity index (χ3n) is 9.59. The number of nitrogens with one attached hydrogen (secondary N) is 1. The van der Waals surface area contributed by atoms with Crippen molar-refractivity contribution in [3.8, 4) is 22.5 Å². The Hall–Kier alpha value is -6.58. The molecular formula is C43H36N6O3. The highest BCUT2D eigenvalue weighted by Gasteiger charge is 2.42. The molecule has 6 aromatic carbocycles. The number of benzene rings is 6. The van der Waals surface area contributed by atoms with Gasteiger partial charge in [-0.05, 0) is 62.9 Å². The van der Waals surface area contributed by atoms with Gasteiger partial charge in [0.1, 0.15) is 5.54 Å². The first-order valence-corrected chi connectivity index (χ1v) is 17.2. The monoisotopic (exact) mass is 684 g/mol. The summed E-state index contributed by atoms with van der Waals surface area (Å²) in [6.45, 7) is 2.84. The minimum absolute atomic E-state index is 0.230. The van der Waals surface area contributed by atoms with Crippen LogP contribution in [0.4, 0.5) is 11.4 Å². The van der Waals surface area contributed by atoms with E-state index < -0.39 is 17.9 Å². The number of nitrogens with zero attached hydrogens (tertiary/aromatic N) is 5. The highest BCUT2D eigenvalue weighted by Crippen LogP contribution is 2.44. The lowest BCUT2D eigenvalue weighted by molar-refractivity contribution is 0.0694. The second-order valence-corrected chi connectivity index (χ2v) is 12.6. The molecule has 7 aromatic rings. The molecule has 0 spiro atoms. The summed E-state index contributed by atoms with van der Waals surface area (Å²) < 4.78 is 7.94. The van der Waals surface area contributed by atoms with Gasteiger partial charge in [0.2, 0.25) is 6.35 Å². The zero-order valence-corrected chi connectivity index (χ0v) is 28.5. The summed E-state index contributed by atoms with van der Waals surface area (Å²) in [7, 11) is 0. The van der Waals surface area contributed by atoms with Gasteiger partial charge in [-0.3, -0.25) is 0 Å². The number of hydrogen-bond acceptors (Lipinski definition) is 7. The van der Waals surface area contributed by atoms with Crippen LogP contribution >= 0.6 is 0 Å². The largest absolute Gasteiger partial charge is 0.478 e. The van der Waals surface area contributed by atoms with Gasteiger partial charge < -0.3 is 20.1 Å². The molecule has 1 aromatic heterocycles. The van der Waals surface area contributed by atoms with Crippen LogP contribution in [0.5, 0.6) is 0 Å². The van der Waals surface area contributed by atoms with Gasteiger partial charge in [-0.15, -0.1) is 5.10 Å². The number of anilines is 2. The van der Waals surface area contributed by atoms with Crippen molar-refractivity contribution in [3.63, 3.8) is 0 Å². The van der Waals surface area contributed by atoms with Crippen molar-refractivity contribution >= 4 is 17.3 Å². The summed E-state index contributed by atoms with van der Waals surface area (Å²) in [5.41, 5.74) is 7.63. The molecular weight excluding hydrogens is 649 g/mol. The lowest BCUT2D eigenvalue weighted by Crippen LogP contribution is -2.39. The van der Waals surface area contributed by atoms with E-state index >= 15 is 0 Å². The zero-order valence-electron chi connectivity index (χ0n) is 28.5. The van der Waals surface area contributed by atoms with E-state index in [4.69, 9.17) is 15.0 Å². The Morgan fingerprint density at radius 2 is 1.31 bits per heavy atom. The number of aromatic nitrogens is 4. The Balaban J connectivity index is 1.21. The minimum Gasteiger partial charge on any atom is -0.478 e. The molecule has 0 saturated carbocycles. The minimum atomic E-state index is -0.981. The lowest BCUT2D eigenvalue weighted by atomic mass is 9.77. The van der Waals surface area contributed by atoms with Gasteiger partial charge >= 0.3 is 5.97 Å². The fraction of sp³-hybridized carbons (Fsp3) is 0.116. The van der Waals surface area contributed by atoms with Crippen LogP contribution in [0.2, 0.25) is 0 Å². The lowest BCUT2D eigenvalue weighted by Gasteiger charge is -2.36. The summed E-state index contributed by atoms with van der Waals surface area (Å²) in [5.74, 6) is -0.359. The SMILES string of the molecule is CCOC1Nc2cccc(C(=O)O)c2N1Cc1ccc(-c2ccccc2-c2nnnn2C(c2ccccc2)(c2ccccc2)c2ccccc2)cc1. The fourth-order valence-corrected chi connectivity index (χ4v) is 7.32. The molecule has 0 bridgehead atoms. The predicted octanol–water partition coefficient (Wildman–Crippen LogP) is 8.30. The maximum absolute atomic E-state index is 12.2. The van der Waals surface area contributed by atoms with E-state index in [1.54, 1.807) is 12.1 Å². The molecule has 9 nitrogen and oxygen atoms in total. The molecule has 0 saturated heterocycles. The van der Waals surface area contributed by atoms with Gasteiger partial charge in [-0.1, -0.05) is 146 Å². The molecule has 1 unspecified atom stereocenters. The second kappa shape index (κ2) is 14.0. The maximum atomic E-state index is 12.2. The first kappa shape index (κ1) is 32.6. The molecule has 1 aliphatic rings. The Morgan fingerprint density at radius 3 is 1.88 bits per heavy atom. The van der Waals surface area contributed by atoms with E-state index in [2.05, 4.69) is 83.3 Å². The number of aromatic carboxylic acids is 1. The molecule has 8 rings (SSSR count). The summed E-state index contributed by atoms with van der Waals surface area (Å²) in [6, 6.07) is 52.8. The standard InChI is InChI=1S/C43H36N6O3/c1-2-52-42-44-38-24-14-23-37(41(50)51)39(38)48(42)29-30-25-27-31(28-26-30)35-21-12-13-22-36(35)40-45-46-47-49(40)43(32-15-6-3-7-16-32,33-17-8-4-9-18-33)34-19-10-5-11-20-34/h3-28,42,44H,2,29H2,1H3,(H,50,51). The van der Waals surface area contributed by atoms with Gasteiger partial charge in [0, 0.05) is 18.7 Å². The van der Waals surface area contributed by atoms with Crippen molar-refractivity contribution in [1.29, 1.82) is 0 Å². The Morgan fingerprint density at radius 1 is 0.731 bits per heavy atom.